The summed E-state index contributed by atoms with van der Waals surface area (Å²) in [5.41, 5.74) is 2.67. The number of hydrogen-bond acceptors (Lipinski definition) is 5. The lowest BCUT2D eigenvalue weighted by molar-refractivity contribution is -0.137. The number of alkyl halides is 3. The van der Waals surface area contributed by atoms with Crippen molar-refractivity contribution in [1.82, 2.24) is 20.1 Å². The lowest BCUT2D eigenvalue weighted by Gasteiger charge is -2.36. The Morgan fingerprint density at radius 1 is 1.10 bits per heavy atom. The summed E-state index contributed by atoms with van der Waals surface area (Å²) in [6.07, 6.45) is 5.27. The smallest absolute Gasteiger partial charge is 0.416 e. The first-order chi connectivity index (χ1) is 18.7. The molecule has 0 radical (unpaired) electrons. The van der Waals surface area contributed by atoms with Gasteiger partial charge in [0.1, 0.15) is 11.9 Å². The second-order valence-electron chi connectivity index (χ2n) is 10.6. The van der Waals surface area contributed by atoms with Crippen LogP contribution in [0, 0.1) is 6.92 Å². The number of carbonyl (C=O) groups excluding carboxylic acids is 1. The number of cyclic esters (lactones) is 1. The average molecular weight is 542 g/mol. The second kappa shape index (κ2) is 10.9. The number of halogens is 3. The van der Waals surface area contributed by atoms with Crippen LogP contribution in [0.15, 0.2) is 42.9 Å². The first kappa shape index (κ1) is 27.0. The fourth-order valence-corrected chi connectivity index (χ4v) is 5.90. The Labute approximate surface area is 226 Å². The predicted molar refractivity (Wildman–Crippen MR) is 142 cm³/mol. The zero-order valence-corrected chi connectivity index (χ0v) is 22.5. The highest BCUT2D eigenvalue weighted by molar-refractivity contribution is 5.72. The van der Waals surface area contributed by atoms with Gasteiger partial charge in [0.25, 0.3) is 0 Å². The van der Waals surface area contributed by atoms with Gasteiger partial charge in [-0.15, -0.1) is 0 Å². The van der Waals surface area contributed by atoms with E-state index in [0.29, 0.717) is 17.2 Å². The van der Waals surface area contributed by atoms with Crippen molar-refractivity contribution in [3.63, 3.8) is 0 Å². The normalized spacial score (nSPS) is 20.4. The molecule has 1 amide bonds. The van der Waals surface area contributed by atoms with Crippen LogP contribution in [-0.4, -0.2) is 44.8 Å². The number of rotatable bonds is 7. The SMILES string of the molecule is CCN(c1ncc(-c2cn[nH]c2)cc1CN1C(=O)OC(c2cc(C)cc(C(F)(F)F)c2)[C@@H]1C)C1CCCCC1. The predicted octanol–water partition coefficient (Wildman–Crippen LogP) is 7.04. The number of amides is 1. The minimum atomic E-state index is -4.48. The maximum atomic E-state index is 13.5. The molecule has 3 heterocycles. The Morgan fingerprint density at radius 2 is 1.87 bits per heavy atom. The molecular weight excluding hydrogens is 507 g/mol. The van der Waals surface area contributed by atoms with E-state index in [4.69, 9.17) is 9.72 Å². The Bertz CT molecular complexity index is 1300. The van der Waals surface area contributed by atoms with Crippen molar-refractivity contribution in [2.24, 2.45) is 0 Å². The van der Waals surface area contributed by atoms with Crippen LogP contribution in [0.3, 0.4) is 0 Å². The largest absolute Gasteiger partial charge is 0.439 e. The van der Waals surface area contributed by atoms with Crippen LogP contribution in [0.25, 0.3) is 11.1 Å². The van der Waals surface area contributed by atoms with Crippen molar-refractivity contribution >= 4 is 11.9 Å². The number of pyridine rings is 1. The molecule has 1 N–H and O–H groups in total. The molecule has 2 aliphatic rings. The van der Waals surface area contributed by atoms with Crippen LogP contribution < -0.4 is 4.90 Å². The highest BCUT2D eigenvalue weighted by Crippen LogP contribution is 2.39. The summed E-state index contributed by atoms with van der Waals surface area (Å²) in [7, 11) is 0. The van der Waals surface area contributed by atoms with E-state index in [1.165, 1.54) is 19.3 Å². The highest BCUT2D eigenvalue weighted by Gasteiger charge is 2.41. The average Bonchev–Trinajstić information content (AvgIpc) is 3.54. The van der Waals surface area contributed by atoms with Crippen LogP contribution in [0.5, 0.6) is 0 Å². The Kier molecular flexibility index (Phi) is 7.55. The lowest BCUT2D eigenvalue weighted by Crippen LogP contribution is -2.39. The van der Waals surface area contributed by atoms with Crippen LogP contribution in [-0.2, 0) is 17.5 Å². The molecule has 1 aliphatic carbocycles. The van der Waals surface area contributed by atoms with E-state index in [0.717, 1.165) is 54.0 Å². The van der Waals surface area contributed by atoms with Crippen molar-refractivity contribution in [2.75, 3.05) is 11.4 Å². The zero-order chi connectivity index (χ0) is 27.7. The topological polar surface area (TPSA) is 74.4 Å². The van der Waals surface area contributed by atoms with E-state index in [1.807, 2.05) is 19.2 Å². The van der Waals surface area contributed by atoms with Crippen molar-refractivity contribution in [3.05, 3.63) is 65.1 Å². The molecule has 1 saturated carbocycles. The number of hydrogen-bond donors (Lipinski definition) is 1. The van der Waals surface area contributed by atoms with Crippen LogP contribution in [0.1, 0.15) is 74.3 Å². The van der Waals surface area contributed by atoms with Gasteiger partial charge in [-0.25, -0.2) is 9.78 Å². The van der Waals surface area contributed by atoms with E-state index < -0.39 is 30.0 Å². The summed E-state index contributed by atoms with van der Waals surface area (Å²) >= 11 is 0. The van der Waals surface area contributed by atoms with Gasteiger partial charge >= 0.3 is 12.3 Å². The molecule has 3 aromatic rings. The molecule has 1 saturated heterocycles. The van der Waals surface area contributed by atoms with E-state index in [-0.39, 0.29) is 6.54 Å². The van der Waals surface area contributed by atoms with Crippen LogP contribution in [0.2, 0.25) is 0 Å². The van der Waals surface area contributed by atoms with Gasteiger partial charge in [0.2, 0.25) is 0 Å². The molecule has 7 nitrogen and oxygen atoms in total. The quantitative estimate of drug-likeness (QED) is 0.347. The summed E-state index contributed by atoms with van der Waals surface area (Å²) in [6.45, 7) is 6.55. The van der Waals surface area contributed by atoms with Gasteiger partial charge in [-0.1, -0.05) is 30.9 Å². The molecule has 1 aliphatic heterocycles. The zero-order valence-electron chi connectivity index (χ0n) is 22.5. The minimum Gasteiger partial charge on any atom is -0.439 e. The molecule has 1 aromatic carbocycles. The molecule has 1 unspecified atom stereocenters. The minimum absolute atomic E-state index is 0.228. The number of carbonyl (C=O) groups is 1. The fraction of sp³-hybridized carbons (Fsp3) is 0.483. The number of H-pyrrole nitrogens is 1. The van der Waals surface area contributed by atoms with E-state index in [2.05, 4.69) is 22.0 Å². The van der Waals surface area contributed by atoms with Crippen molar-refractivity contribution < 1.29 is 22.7 Å². The van der Waals surface area contributed by atoms with Gasteiger partial charge in [-0.05, 0) is 57.4 Å². The molecule has 2 fully saturated rings. The van der Waals surface area contributed by atoms with Gasteiger partial charge in [0.05, 0.1) is 24.3 Å². The Hall–Kier alpha value is -3.56. The number of aromatic nitrogens is 3. The number of aromatic amines is 1. The first-order valence-corrected chi connectivity index (χ1v) is 13.6. The third-order valence-corrected chi connectivity index (χ3v) is 7.89. The van der Waals surface area contributed by atoms with Crippen molar-refractivity contribution in [2.45, 2.75) is 83.8 Å². The molecule has 10 heteroatoms. The third kappa shape index (κ3) is 5.60. The lowest BCUT2D eigenvalue weighted by atomic mass is 9.93. The molecule has 39 heavy (non-hydrogen) atoms. The van der Waals surface area contributed by atoms with E-state index in [1.54, 1.807) is 30.3 Å². The van der Waals surface area contributed by atoms with Gasteiger partial charge in [0.15, 0.2) is 0 Å². The number of nitrogens with one attached hydrogen (secondary N) is 1. The number of aryl methyl sites for hydroxylation is 1. The van der Waals surface area contributed by atoms with Crippen molar-refractivity contribution in [3.8, 4) is 11.1 Å². The maximum absolute atomic E-state index is 13.5. The molecule has 2 atom stereocenters. The van der Waals surface area contributed by atoms with Crippen LogP contribution in [0.4, 0.5) is 23.8 Å². The number of ether oxygens (including phenoxy) is 1. The van der Waals surface area contributed by atoms with Gasteiger partial charge in [0, 0.05) is 41.7 Å². The third-order valence-electron chi connectivity index (χ3n) is 7.89. The summed E-state index contributed by atoms with van der Waals surface area (Å²) in [6, 6.07) is 5.77. The summed E-state index contributed by atoms with van der Waals surface area (Å²) in [4.78, 5) is 21.9. The maximum Gasteiger partial charge on any atom is 0.416 e. The van der Waals surface area contributed by atoms with E-state index >= 15 is 0 Å². The molecule has 208 valence electrons. The molecule has 0 spiro atoms. The monoisotopic (exact) mass is 541 g/mol. The second-order valence-corrected chi connectivity index (χ2v) is 10.6. The summed E-state index contributed by atoms with van der Waals surface area (Å²) in [5.74, 6) is 0.829. The molecule has 0 bridgehead atoms. The summed E-state index contributed by atoms with van der Waals surface area (Å²) in [5, 5.41) is 6.88. The number of nitrogens with zero attached hydrogens (tertiary/aromatic N) is 4. The molecule has 5 rings (SSSR count). The van der Waals surface area contributed by atoms with Gasteiger partial charge in [-0.2, -0.15) is 18.3 Å². The Morgan fingerprint density at radius 3 is 2.54 bits per heavy atom. The molecular formula is C29H34F3N5O2. The van der Waals surface area contributed by atoms with Crippen LogP contribution >= 0.6 is 0 Å². The first-order valence-electron chi connectivity index (χ1n) is 13.6. The van der Waals surface area contributed by atoms with Gasteiger partial charge in [-0.3, -0.25) is 10.00 Å². The van der Waals surface area contributed by atoms with Crippen molar-refractivity contribution in [1.29, 1.82) is 0 Å². The van der Waals surface area contributed by atoms with E-state index in [9.17, 15) is 18.0 Å². The fourth-order valence-electron chi connectivity index (χ4n) is 5.90. The highest BCUT2D eigenvalue weighted by atomic mass is 19.4. The number of anilines is 1. The number of benzene rings is 1. The molecule has 2 aromatic heterocycles. The summed E-state index contributed by atoms with van der Waals surface area (Å²) < 4.78 is 46.2. The van der Waals surface area contributed by atoms with Gasteiger partial charge < -0.3 is 9.64 Å². The standard InChI is InChI=1S/C29H34F3N5O2/c1-4-36(25-8-6-5-7-9-25)27-22(12-21(14-33-27)23-15-34-35-16-23)17-37-19(3)26(39-28(37)38)20-10-18(2)11-24(13-20)29(30,31)32/h10-16,19,25-26H,4-9,17H2,1-3H3,(H,34,35)/t19-,26?/m0/s1. The Balaban J connectivity index is 1.48.